The molecule has 2 heterocycles. The fourth-order valence-electron chi connectivity index (χ4n) is 2.17. The van der Waals surface area contributed by atoms with Crippen molar-refractivity contribution in [3.63, 3.8) is 0 Å². The molecule has 0 saturated carbocycles. The van der Waals surface area contributed by atoms with Crippen LogP contribution in [0.1, 0.15) is 6.92 Å². The summed E-state index contributed by atoms with van der Waals surface area (Å²) in [6.45, 7) is 2.84. The van der Waals surface area contributed by atoms with Crippen molar-refractivity contribution in [1.82, 2.24) is 14.8 Å². The fraction of sp³-hybridized carbons (Fsp3) is 0.182. The Balaban J connectivity index is 2.69. The van der Waals surface area contributed by atoms with E-state index in [1.165, 1.54) is 0 Å². The third kappa shape index (κ3) is 0.932. The van der Waals surface area contributed by atoms with Gasteiger partial charge in [0.1, 0.15) is 5.52 Å². The van der Waals surface area contributed by atoms with Crippen molar-refractivity contribution >= 4 is 21.9 Å². The van der Waals surface area contributed by atoms with Gasteiger partial charge in [0.2, 0.25) is 0 Å². The van der Waals surface area contributed by atoms with Crippen LogP contribution in [0.3, 0.4) is 0 Å². The molecule has 0 aliphatic heterocycles. The maximum Gasteiger partial charge on any atom is 0.288 e. The molecule has 0 bridgehead atoms. The van der Waals surface area contributed by atoms with Crippen molar-refractivity contribution in [3.8, 4) is 0 Å². The Kier molecular flexibility index (Phi) is 1.54. The Morgan fingerprint density at radius 3 is 2.87 bits per heavy atom. The van der Waals surface area contributed by atoms with Gasteiger partial charge in [-0.1, -0.05) is 18.2 Å². The topological polar surface area (TPSA) is 53.6 Å². The lowest BCUT2D eigenvalue weighted by Crippen LogP contribution is -2.05. The zero-order valence-electron chi connectivity index (χ0n) is 8.37. The van der Waals surface area contributed by atoms with E-state index in [1.54, 1.807) is 0 Å². The largest absolute Gasteiger partial charge is 0.335 e. The van der Waals surface area contributed by atoms with E-state index in [9.17, 15) is 4.79 Å². The summed E-state index contributed by atoms with van der Waals surface area (Å²) in [6.07, 6.45) is 0. The lowest BCUT2D eigenvalue weighted by atomic mass is 10.2. The first-order valence-corrected chi connectivity index (χ1v) is 5.00. The first kappa shape index (κ1) is 8.35. The maximum atomic E-state index is 11.6. The van der Waals surface area contributed by atoms with Crippen LogP contribution in [0.15, 0.2) is 29.1 Å². The Morgan fingerprint density at radius 1 is 1.27 bits per heavy atom. The lowest BCUT2D eigenvalue weighted by molar-refractivity contribution is 0.823. The van der Waals surface area contributed by atoms with Crippen LogP contribution in [0.4, 0.5) is 0 Å². The van der Waals surface area contributed by atoms with Crippen molar-refractivity contribution in [2.24, 2.45) is 0 Å². The quantitative estimate of drug-likeness (QED) is 0.620. The van der Waals surface area contributed by atoms with Gasteiger partial charge in [-0.15, -0.1) is 0 Å². The Bertz CT molecular complexity index is 687. The first-order valence-electron chi connectivity index (χ1n) is 5.00. The Hall–Kier alpha value is -1.97. The first-order chi connectivity index (χ1) is 7.33. The van der Waals surface area contributed by atoms with Gasteiger partial charge in [-0.2, -0.15) is 0 Å². The predicted octanol–water partition coefficient (Wildman–Crippen LogP) is 1.83. The third-order valence-electron chi connectivity index (χ3n) is 2.80. The zero-order chi connectivity index (χ0) is 10.4. The van der Waals surface area contributed by atoms with Gasteiger partial charge < -0.3 is 4.57 Å². The van der Waals surface area contributed by atoms with E-state index in [0.717, 1.165) is 28.5 Å². The number of aromatic amines is 2. The van der Waals surface area contributed by atoms with Gasteiger partial charge >= 0.3 is 0 Å². The van der Waals surface area contributed by atoms with E-state index in [4.69, 9.17) is 0 Å². The van der Waals surface area contributed by atoms with Gasteiger partial charge in [-0.25, -0.2) is 0 Å². The smallest absolute Gasteiger partial charge is 0.288 e. The van der Waals surface area contributed by atoms with Gasteiger partial charge in [-0.3, -0.25) is 15.0 Å². The molecule has 3 aromatic rings. The number of nitrogens with one attached hydrogen (secondary N) is 2. The molecular weight excluding hydrogens is 190 g/mol. The number of para-hydroxylation sites is 1. The number of benzene rings is 1. The molecule has 4 nitrogen and oxygen atoms in total. The minimum absolute atomic E-state index is 0.0527. The highest BCUT2D eigenvalue weighted by Gasteiger charge is 2.12. The van der Waals surface area contributed by atoms with E-state index in [-0.39, 0.29) is 5.56 Å². The SMILES string of the molecule is CCn1c2ccccc2c2[nH][nH]c(=O)c21. The number of nitrogens with zero attached hydrogens (tertiary/aromatic N) is 1. The molecule has 2 aromatic heterocycles. The molecule has 0 unspecified atom stereocenters. The average Bonchev–Trinajstić information content (AvgIpc) is 2.78. The van der Waals surface area contributed by atoms with Gasteiger partial charge in [0.15, 0.2) is 0 Å². The van der Waals surface area contributed by atoms with E-state index >= 15 is 0 Å². The lowest BCUT2D eigenvalue weighted by Gasteiger charge is -1.99. The Labute approximate surface area is 85.5 Å². The fourth-order valence-corrected chi connectivity index (χ4v) is 2.17. The molecular formula is C11H11N3O. The minimum atomic E-state index is -0.0527. The van der Waals surface area contributed by atoms with Crippen LogP contribution < -0.4 is 5.56 Å². The standard InChI is InChI=1S/C11H11N3O/c1-2-14-8-6-4-3-5-7(8)9-10(14)11(15)13-12-9/h3-6H,2H2,1H3,(H2,12,13,15). The summed E-state index contributed by atoms with van der Waals surface area (Å²) < 4.78 is 2.03. The second kappa shape index (κ2) is 2.76. The van der Waals surface area contributed by atoms with Crippen LogP contribution in [0.5, 0.6) is 0 Å². The molecule has 15 heavy (non-hydrogen) atoms. The molecule has 76 valence electrons. The van der Waals surface area contributed by atoms with E-state index in [0.29, 0.717) is 0 Å². The van der Waals surface area contributed by atoms with Crippen molar-refractivity contribution in [2.75, 3.05) is 0 Å². The van der Waals surface area contributed by atoms with Crippen molar-refractivity contribution in [3.05, 3.63) is 34.6 Å². The van der Waals surface area contributed by atoms with Gasteiger partial charge in [0.05, 0.1) is 11.0 Å². The molecule has 4 heteroatoms. The molecule has 3 rings (SSSR count). The molecule has 1 aromatic carbocycles. The molecule has 2 N–H and O–H groups in total. The summed E-state index contributed by atoms with van der Waals surface area (Å²) in [5, 5.41) is 6.64. The molecule has 0 spiro atoms. The van der Waals surface area contributed by atoms with Crippen LogP contribution in [0, 0.1) is 0 Å². The van der Waals surface area contributed by atoms with E-state index in [2.05, 4.69) is 10.2 Å². The second-order valence-electron chi connectivity index (χ2n) is 3.56. The number of aromatic nitrogens is 3. The number of aryl methyl sites for hydroxylation is 1. The molecule has 0 atom stereocenters. The zero-order valence-corrected chi connectivity index (χ0v) is 8.37. The van der Waals surface area contributed by atoms with E-state index < -0.39 is 0 Å². The summed E-state index contributed by atoms with van der Waals surface area (Å²) in [4.78, 5) is 11.6. The highest BCUT2D eigenvalue weighted by Crippen LogP contribution is 2.24. The highest BCUT2D eigenvalue weighted by molar-refractivity contribution is 6.05. The number of fused-ring (bicyclic) bond motifs is 3. The Morgan fingerprint density at radius 2 is 2.07 bits per heavy atom. The normalized spacial score (nSPS) is 11.5. The van der Waals surface area contributed by atoms with Crippen LogP contribution in [0.25, 0.3) is 21.9 Å². The highest BCUT2D eigenvalue weighted by atomic mass is 16.1. The summed E-state index contributed by atoms with van der Waals surface area (Å²) in [5.41, 5.74) is 2.69. The van der Waals surface area contributed by atoms with E-state index in [1.807, 2.05) is 35.8 Å². The van der Waals surface area contributed by atoms with Crippen molar-refractivity contribution in [1.29, 1.82) is 0 Å². The molecule has 0 fully saturated rings. The summed E-state index contributed by atoms with van der Waals surface area (Å²) in [6, 6.07) is 8.02. The third-order valence-corrected chi connectivity index (χ3v) is 2.80. The van der Waals surface area contributed by atoms with Gasteiger partial charge in [0.25, 0.3) is 5.56 Å². The molecule has 0 saturated heterocycles. The van der Waals surface area contributed by atoms with Crippen molar-refractivity contribution in [2.45, 2.75) is 13.5 Å². The van der Waals surface area contributed by atoms with Gasteiger partial charge in [0, 0.05) is 11.9 Å². The van der Waals surface area contributed by atoms with Crippen LogP contribution in [-0.4, -0.2) is 14.8 Å². The van der Waals surface area contributed by atoms with Gasteiger partial charge in [-0.05, 0) is 13.0 Å². The molecule has 0 aliphatic rings. The predicted molar refractivity (Wildman–Crippen MR) is 60.1 cm³/mol. The molecule has 0 radical (unpaired) electrons. The van der Waals surface area contributed by atoms with Crippen LogP contribution in [-0.2, 0) is 6.54 Å². The number of H-pyrrole nitrogens is 2. The summed E-state index contributed by atoms with van der Waals surface area (Å²) in [5.74, 6) is 0. The number of hydrogen-bond donors (Lipinski definition) is 2. The maximum absolute atomic E-state index is 11.6. The minimum Gasteiger partial charge on any atom is -0.335 e. The summed E-state index contributed by atoms with van der Waals surface area (Å²) >= 11 is 0. The van der Waals surface area contributed by atoms with Crippen LogP contribution in [0.2, 0.25) is 0 Å². The second-order valence-corrected chi connectivity index (χ2v) is 3.56. The average molecular weight is 201 g/mol. The van der Waals surface area contributed by atoms with Crippen LogP contribution >= 0.6 is 0 Å². The molecule has 0 amide bonds. The monoisotopic (exact) mass is 201 g/mol. The summed E-state index contributed by atoms with van der Waals surface area (Å²) in [7, 11) is 0. The van der Waals surface area contributed by atoms with Crippen molar-refractivity contribution < 1.29 is 0 Å². The molecule has 0 aliphatic carbocycles. The number of hydrogen-bond acceptors (Lipinski definition) is 1. The number of rotatable bonds is 1.